The zero-order valence-corrected chi connectivity index (χ0v) is 13.0. The number of hydrogen-bond acceptors (Lipinski definition) is 5. The van der Waals surface area contributed by atoms with Crippen molar-refractivity contribution in [2.24, 2.45) is 0 Å². The number of rotatable bonds is 5. The van der Waals surface area contributed by atoms with Crippen LogP contribution in [0.2, 0.25) is 0 Å². The van der Waals surface area contributed by atoms with Gasteiger partial charge in [-0.05, 0) is 12.1 Å². The van der Waals surface area contributed by atoms with Crippen molar-refractivity contribution < 1.29 is 27.5 Å². The number of hydrogen-bond donors (Lipinski definition) is 2. The summed E-state index contributed by atoms with van der Waals surface area (Å²) in [5, 5.41) is 2.00. The fraction of sp³-hybridized carbons (Fsp3) is 0.200. The molecular formula is C15H12F3N3O5. The minimum absolute atomic E-state index is 0.474. The van der Waals surface area contributed by atoms with Gasteiger partial charge in [0.25, 0.3) is 11.5 Å². The number of aromatic nitrogens is 2. The third kappa shape index (κ3) is 5.06. The first kappa shape index (κ1) is 19.0. The van der Waals surface area contributed by atoms with Gasteiger partial charge in [0.05, 0.1) is 11.3 Å². The van der Waals surface area contributed by atoms with Crippen LogP contribution in [0.25, 0.3) is 0 Å². The van der Waals surface area contributed by atoms with E-state index in [0.29, 0.717) is 0 Å². The molecule has 1 amide bonds. The molecule has 0 aliphatic rings. The molecule has 1 heterocycles. The number of halogens is 3. The van der Waals surface area contributed by atoms with Crippen LogP contribution in [0.1, 0.15) is 5.56 Å². The number of benzene rings is 1. The van der Waals surface area contributed by atoms with Crippen LogP contribution < -0.4 is 16.6 Å². The summed E-state index contributed by atoms with van der Waals surface area (Å²) < 4.78 is 43.9. The van der Waals surface area contributed by atoms with Gasteiger partial charge in [-0.15, -0.1) is 0 Å². The Morgan fingerprint density at radius 3 is 2.50 bits per heavy atom. The Kier molecular flexibility index (Phi) is 5.60. The van der Waals surface area contributed by atoms with Crippen molar-refractivity contribution in [3.8, 4) is 0 Å². The van der Waals surface area contributed by atoms with Crippen molar-refractivity contribution in [2.75, 3.05) is 11.9 Å². The molecule has 1 aromatic heterocycles. The second kappa shape index (κ2) is 7.68. The summed E-state index contributed by atoms with van der Waals surface area (Å²) in [6.45, 7) is -1.43. The van der Waals surface area contributed by atoms with E-state index in [1.165, 1.54) is 12.1 Å². The molecule has 0 unspecified atom stereocenters. The topological polar surface area (TPSA) is 110 Å². The molecule has 2 aromatic rings. The predicted molar refractivity (Wildman–Crippen MR) is 82.4 cm³/mol. The molecule has 0 saturated carbocycles. The summed E-state index contributed by atoms with van der Waals surface area (Å²) in [6.07, 6.45) is -3.60. The van der Waals surface area contributed by atoms with Gasteiger partial charge in [0.1, 0.15) is 6.54 Å². The first-order valence-electron chi connectivity index (χ1n) is 7.08. The number of H-pyrrole nitrogens is 1. The van der Waals surface area contributed by atoms with Gasteiger partial charge < -0.3 is 10.1 Å². The number of alkyl halides is 3. The van der Waals surface area contributed by atoms with E-state index in [9.17, 15) is 32.3 Å². The largest absolute Gasteiger partial charge is 0.454 e. The van der Waals surface area contributed by atoms with Crippen molar-refractivity contribution in [2.45, 2.75) is 12.7 Å². The number of aromatic amines is 1. The van der Waals surface area contributed by atoms with Gasteiger partial charge in [-0.1, -0.05) is 12.1 Å². The molecule has 0 aliphatic heterocycles. The number of anilines is 1. The van der Waals surface area contributed by atoms with Crippen LogP contribution in [0.3, 0.4) is 0 Å². The lowest BCUT2D eigenvalue weighted by molar-refractivity contribution is -0.148. The molecule has 2 rings (SSSR count). The number of carbonyl (C=O) groups is 2. The quantitative estimate of drug-likeness (QED) is 0.754. The van der Waals surface area contributed by atoms with Crippen molar-refractivity contribution >= 4 is 17.6 Å². The average Bonchev–Trinajstić information content (AvgIpc) is 2.55. The summed E-state index contributed by atoms with van der Waals surface area (Å²) in [5.41, 5.74) is -3.02. The van der Waals surface area contributed by atoms with Crippen LogP contribution in [-0.4, -0.2) is 28.0 Å². The maximum absolute atomic E-state index is 12.8. The van der Waals surface area contributed by atoms with Gasteiger partial charge in [0.15, 0.2) is 6.61 Å². The van der Waals surface area contributed by atoms with Crippen molar-refractivity contribution in [1.29, 1.82) is 0 Å². The molecule has 138 valence electrons. The highest BCUT2D eigenvalue weighted by Crippen LogP contribution is 2.34. The summed E-state index contributed by atoms with van der Waals surface area (Å²) in [7, 11) is 0. The number of nitrogens with one attached hydrogen (secondary N) is 2. The van der Waals surface area contributed by atoms with Gasteiger partial charge in [-0.2, -0.15) is 13.2 Å². The zero-order chi connectivity index (χ0) is 19.3. The second-order valence-corrected chi connectivity index (χ2v) is 4.99. The van der Waals surface area contributed by atoms with Crippen LogP contribution >= 0.6 is 0 Å². The van der Waals surface area contributed by atoms with E-state index >= 15 is 0 Å². The Morgan fingerprint density at radius 1 is 1.15 bits per heavy atom. The molecule has 0 bridgehead atoms. The highest BCUT2D eigenvalue weighted by atomic mass is 19.4. The lowest BCUT2D eigenvalue weighted by atomic mass is 10.1. The third-order valence-corrected chi connectivity index (χ3v) is 3.07. The van der Waals surface area contributed by atoms with Gasteiger partial charge in [-0.3, -0.25) is 23.9 Å². The second-order valence-electron chi connectivity index (χ2n) is 4.99. The fourth-order valence-corrected chi connectivity index (χ4v) is 1.93. The van der Waals surface area contributed by atoms with Gasteiger partial charge in [-0.25, -0.2) is 4.79 Å². The Bertz CT molecular complexity index is 933. The number of carbonyl (C=O) groups excluding carboxylic acids is 2. The van der Waals surface area contributed by atoms with E-state index < -0.39 is 53.7 Å². The molecule has 0 atom stereocenters. The zero-order valence-electron chi connectivity index (χ0n) is 13.0. The van der Waals surface area contributed by atoms with E-state index in [1.54, 1.807) is 0 Å². The van der Waals surface area contributed by atoms with Gasteiger partial charge >= 0.3 is 17.8 Å². The number of esters is 1. The van der Waals surface area contributed by atoms with E-state index in [1.807, 2.05) is 10.3 Å². The first-order chi connectivity index (χ1) is 12.2. The van der Waals surface area contributed by atoms with Crippen LogP contribution in [0.4, 0.5) is 18.9 Å². The number of amides is 1. The van der Waals surface area contributed by atoms with Crippen molar-refractivity contribution in [1.82, 2.24) is 9.55 Å². The molecule has 1 aromatic carbocycles. The molecule has 2 N–H and O–H groups in total. The molecule has 0 aliphatic carbocycles. The molecular weight excluding hydrogens is 359 g/mol. The monoisotopic (exact) mass is 371 g/mol. The Hall–Kier alpha value is -3.37. The van der Waals surface area contributed by atoms with E-state index in [2.05, 4.69) is 4.74 Å². The lowest BCUT2D eigenvalue weighted by Gasteiger charge is -2.13. The fourth-order valence-electron chi connectivity index (χ4n) is 1.93. The number of nitrogens with zero attached hydrogens (tertiary/aromatic N) is 1. The van der Waals surface area contributed by atoms with Gasteiger partial charge in [0.2, 0.25) is 0 Å². The number of ether oxygens (including phenoxy) is 1. The minimum Gasteiger partial charge on any atom is -0.454 e. The SMILES string of the molecule is O=C(COC(=O)Cn1ccc(=O)[nH]c1=O)Nc1ccccc1C(F)(F)F. The molecule has 0 spiro atoms. The molecule has 0 fully saturated rings. The van der Waals surface area contributed by atoms with Crippen LogP contribution in [0.15, 0.2) is 46.1 Å². The number of para-hydroxylation sites is 1. The summed E-state index contributed by atoms with van der Waals surface area (Å²) in [5.74, 6) is -1.97. The predicted octanol–water partition coefficient (Wildman–Crippen LogP) is 0.737. The lowest BCUT2D eigenvalue weighted by Crippen LogP contribution is -2.32. The summed E-state index contributed by atoms with van der Waals surface area (Å²) in [6, 6.07) is 5.34. The third-order valence-electron chi connectivity index (χ3n) is 3.07. The van der Waals surface area contributed by atoms with E-state index in [0.717, 1.165) is 29.0 Å². The van der Waals surface area contributed by atoms with E-state index in [4.69, 9.17) is 0 Å². The summed E-state index contributed by atoms with van der Waals surface area (Å²) in [4.78, 5) is 47.5. The molecule has 26 heavy (non-hydrogen) atoms. The Morgan fingerprint density at radius 2 is 1.85 bits per heavy atom. The molecule has 8 nitrogen and oxygen atoms in total. The maximum atomic E-state index is 12.8. The maximum Gasteiger partial charge on any atom is 0.418 e. The average molecular weight is 371 g/mol. The smallest absolute Gasteiger partial charge is 0.418 e. The Balaban J connectivity index is 1.94. The van der Waals surface area contributed by atoms with Crippen LogP contribution in [0, 0.1) is 0 Å². The highest BCUT2D eigenvalue weighted by Gasteiger charge is 2.33. The van der Waals surface area contributed by atoms with Crippen LogP contribution in [-0.2, 0) is 27.0 Å². The Labute approximate surface area is 143 Å². The molecule has 0 saturated heterocycles. The summed E-state index contributed by atoms with van der Waals surface area (Å²) >= 11 is 0. The van der Waals surface area contributed by atoms with Crippen LogP contribution in [0.5, 0.6) is 0 Å². The molecule has 11 heteroatoms. The van der Waals surface area contributed by atoms with Crippen molar-refractivity contribution in [3.05, 3.63) is 62.9 Å². The highest BCUT2D eigenvalue weighted by molar-refractivity contribution is 5.93. The first-order valence-corrected chi connectivity index (χ1v) is 7.08. The standard InChI is InChI=1S/C15H12F3N3O5/c16-15(17,18)9-3-1-2-4-10(9)19-12(23)8-26-13(24)7-21-6-5-11(22)20-14(21)25/h1-6H,7-8H2,(H,19,23)(H,20,22,25). The van der Waals surface area contributed by atoms with Gasteiger partial charge in [0, 0.05) is 12.3 Å². The minimum atomic E-state index is -4.66. The van der Waals surface area contributed by atoms with E-state index in [-0.39, 0.29) is 0 Å². The normalized spacial score (nSPS) is 11.0. The molecule has 0 radical (unpaired) electrons. The van der Waals surface area contributed by atoms with Crippen molar-refractivity contribution in [3.63, 3.8) is 0 Å².